The molecule has 2 aliphatic heterocycles. The normalized spacial score (nSPS) is 17.9. The van der Waals surface area contributed by atoms with Crippen molar-refractivity contribution in [3.05, 3.63) is 77.9 Å². The maximum atomic E-state index is 13.7. The van der Waals surface area contributed by atoms with Crippen LogP contribution in [0.15, 0.2) is 61.1 Å². The number of carbonyl (C=O) groups excluding carboxylic acids is 1. The third kappa shape index (κ3) is 5.03. The van der Waals surface area contributed by atoms with Gasteiger partial charge < -0.3 is 14.4 Å². The molecule has 2 saturated heterocycles. The van der Waals surface area contributed by atoms with Crippen LogP contribution in [0.25, 0.3) is 11.1 Å². The fourth-order valence-electron chi connectivity index (χ4n) is 5.29. The quantitative estimate of drug-likeness (QED) is 0.559. The van der Waals surface area contributed by atoms with Crippen molar-refractivity contribution < 1.29 is 4.79 Å². The van der Waals surface area contributed by atoms with Gasteiger partial charge in [-0.2, -0.15) is 0 Å². The monoisotopic (exact) mass is 442 g/mol. The van der Waals surface area contributed by atoms with Crippen molar-refractivity contribution in [2.75, 3.05) is 26.2 Å². The number of aryl methyl sites for hydroxylation is 1. The van der Waals surface area contributed by atoms with E-state index in [0.717, 1.165) is 42.8 Å². The van der Waals surface area contributed by atoms with Gasteiger partial charge in [-0.1, -0.05) is 36.2 Å². The van der Waals surface area contributed by atoms with Crippen LogP contribution in [0.1, 0.15) is 53.7 Å². The van der Waals surface area contributed by atoms with Crippen LogP contribution in [0.4, 0.5) is 0 Å². The van der Waals surface area contributed by atoms with Crippen molar-refractivity contribution in [3.8, 4) is 11.1 Å². The Balaban J connectivity index is 1.36. The minimum absolute atomic E-state index is 0.152. The number of hydrogen-bond acceptors (Lipinski definition) is 3. The van der Waals surface area contributed by atoms with Gasteiger partial charge in [-0.05, 0) is 75.0 Å². The lowest BCUT2D eigenvalue weighted by Crippen LogP contribution is -2.48. The molecule has 2 aliphatic rings. The first-order valence-corrected chi connectivity index (χ1v) is 12.4. The topological polar surface area (TPSA) is 41.4 Å². The number of pyridine rings is 1. The zero-order valence-corrected chi connectivity index (χ0v) is 19.6. The van der Waals surface area contributed by atoms with Crippen LogP contribution in [0, 0.1) is 6.92 Å². The van der Waals surface area contributed by atoms with E-state index in [-0.39, 0.29) is 5.91 Å². The van der Waals surface area contributed by atoms with E-state index in [1.807, 2.05) is 12.1 Å². The number of rotatable bonds is 5. The van der Waals surface area contributed by atoms with Crippen LogP contribution in [-0.2, 0) is 6.54 Å². The Bertz CT molecular complexity index is 1060. The molecule has 1 amide bonds. The summed E-state index contributed by atoms with van der Waals surface area (Å²) in [5.41, 5.74) is 5.38. The van der Waals surface area contributed by atoms with Crippen LogP contribution in [0.3, 0.4) is 0 Å². The number of likely N-dealkylation sites (tertiary alicyclic amines) is 2. The van der Waals surface area contributed by atoms with Gasteiger partial charge in [0.1, 0.15) is 5.69 Å². The third-order valence-electron chi connectivity index (χ3n) is 7.26. The second-order valence-corrected chi connectivity index (χ2v) is 9.58. The molecular formula is C28H34N4O. The Hall–Kier alpha value is -2.92. The molecule has 5 rings (SSSR count). The van der Waals surface area contributed by atoms with Crippen LogP contribution in [0.2, 0.25) is 0 Å². The maximum absolute atomic E-state index is 13.7. The molecule has 0 aliphatic carbocycles. The van der Waals surface area contributed by atoms with E-state index < -0.39 is 0 Å². The minimum atomic E-state index is 0.152. The van der Waals surface area contributed by atoms with Gasteiger partial charge in [-0.25, -0.2) is 0 Å². The van der Waals surface area contributed by atoms with Gasteiger partial charge in [-0.3, -0.25) is 9.78 Å². The molecule has 0 bridgehead atoms. The van der Waals surface area contributed by atoms with Crippen molar-refractivity contribution in [2.24, 2.45) is 0 Å². The molecule has 1 aromatic carbocycles. The first-order chi connectivity index (χ1) is 16.2. The van der Waals surface area contributed by atoms with E-state index in [2.05, 4.69) is 62.8 Å². The van der Waals surface area contributed by atoms with Crippen LogP contribution >= 0.6 is 0 Å². The molecule has 2 fully saturated rings. The summed E-state index contributed by atoms with van der Waals surface area (Å²) in [6, 6.07) is 15.3. The molecule has 0 unspecified atom stereocenters. The Morgan fingerprint density at radius 3 is 2.30 bits per heavy atom. The lowest BCUT2D eigenvalue weighted by Gasteiger charge is -2.40. The maximum Gasteiger partial charge on any atom is 0.270 e. The Labute approximate surface area is 197 Å². The van der Waals surface area contributed by atoms with Crippen LogP contribution in [0.5, 0.6) is 0 Å². The number of amides is 1. The number of carbonyl (C=O) groups is 1. The average Bonchev–Trinajstić information content (AvgIpc) is 3.30. The zero-order chi connectivity index (χ0) is 22.6. The fourth-order valence-corrected chi connectivity index (χ4v) is 5.29. The SMILES string of the molecule is Cc1ccc(Cn2cc(-c3ccncc3)cc2C(=O)N2CCC(N3CCCCC3)CC2)cc1. The molecule has 172 valence electrons. The van der Waals surface area contributed by atoms with Gasteiger partial charge in [0.2, 0.25) is 0 Å². The fraction of sp³-hybridized carbons (Fsp3) is 0.429. The summed E-state index contributed by atoms with van der Waals surface area (Å²) in [7, 11) is 0. The molecule has 5 nitrogen and oxygen atoms in total. The van der Waals surface area contributed by atoms with Crippen LogP contribution in [-0.4, -0.2) is 57.5 Å². The summed E-state index contributed by atoms with van der Waals surface area (Å²) in [5, 5.41) is 0. The van der Waals surface area contributed by atoms with Gasteiger partial charge in [0, 0.05) is 49.8 Å². The molecule has 2 aromatic heterocycles. The first-order valence-electron chi connectivity index (χ1n) is 12.4. The van der Waals surface area contributed by atoms with Gasteiger partial charge >= 0.3 is 0 Å². The molecular weight excluding hydrogens is 408 g/mol. The molecule has 0 spiro atoms. The molecule has 3 aromatic rings. The smallest absolute Gasteiger partial charge is 0.270 e. The minimum Gasteiger partial charge on any atom is -0.338 e. The number of benzene rings is 1. The van der Waals surface area contributed by atoms with Gasteiger partial charge in [0.25, 0.3) is 5.91 Å². The lowest BCUT2D eigenvalue weighted by molar-refractivity contribution is 0.0581. The second kappa shape index (κ2) is 9.92. The highest BCUT2D eigenvalue weighted by Crippen LogP contribution is 2.26. The van der Waals surface area contributed by atoms with E-state index in [9.17, 15) is 4.79 Å². The zero-order valence-electron chi connectivity index (χ0n) is 19.6. The van der Waals surface area contributed by atoms with E-state index in [4.69, 9.17) is 0 Å². The second-order valence-electron chi connectivity index (χ2n) is 9.58. The molecule has 0 radical (unpaired) electrons. The lowest BCUT2D eigenvalue weighted by atomic mass is 9.99. The van der Waals surface area contributed by atoms with E-state index in [0.29, 0.717) is 12.6 Å². The van der Waals surface area contributed by atoms with Crippen LogP contribution < -0.4 is 0 Å². The summed E-state index contributed by atoms with van der Waals surface area (Å²) >= 11 is 0. The van der Waals surface area contributed by atoms with Crippen molar-refractivity contribution in [1.82, 2.24) is 19.4 Å². The predicted octanol–water partition coefficient (Wildman–Crippen LogP) is 5.00. The van der Waals surface area contributed by atoms with Gasteiger partial charge in [-0.15, -0.1) is 0 Å². The molecule has 0 saturated carbocycles. The highest BCUT2D eigenvalue weighted by molar-refractivity contribution is 5.94. The summed E-state index contributed by atoms with van der Waals surface area (Å²) in [4.78, 5) is 22.5. The molecule has 33 heavy (non-hydrogen) atoms. The van der Waals surface area contributed by atoms with Crippen molar-refractivity contribution in [1.29, 1.82) is 0 Å². The average molecular weight is 443 g/mol. The standard InChI is InChI=1S/C28H34N4O/c1-22-5-7-23(8-6-22)20-32-21-25(24-9-13-29-14-10-24)19-27(32)28(33)31-17-11-26(12-18-31)30-15-3-2-4-16-30/h5-10,13-14,19,21,26H,2-4,11-12,15-18,20H2,1H3. The number of piperidine rings is 2. The van der Waals surface area contributed by atoms with Crippen molar-refractivity contribution in [3.63, 3.8) is 0 Å². The highest BCUT2D eigenvalue weighted by atomic mass is 16.2. The van der Waals surface area contributed by atoms with E-state index in [1.165, 1.54) is 43.5 Å². The van der Waals surface area contributed by atoms with Crippen molar-refractivity contribution in [2.45, 2.75) is 51.6 Å². The number of aromatic nitrogens is 2. The molecule has 4 heterocycles. The molecule has 0 atom stereocenters. The summed E-state index contributed by atoms with van der Waals surface area (Å²) in [6.07, 6.45) is 11.9. The highest BCUT2D eigenvalue weighted by Gasteiger charge is 2.29. The Morgan fingerprint density at radius 1 is 0.909 bits per heavy atom. The first kappa shape index (κ1) is 21.9. The number of nitrogens with zero attached hydrogens (tertiary/aromatic N) is 4. The molecule has 0 N–H and O–H groups in total. The largest absolute Gasteiger partial charge is 0.338 e. The summed E-state index contributed by atoms with van der Waals surface area (Å²) < 4.78 is 2.12. The molecule has 5 heteroatoms. The summed E-state index contributed by atoms with van der Waals surface area (Å²) in [5.74, 6) is 0.152. The number of hydrogen-bond donors (Lipinski definition) is 0. The van der Waals surface area contributed by atoms with E-state index in [1.54, 1.807) is 12.4 Å². The van der Waals surface area contributed by atoms with Gasteiger partial charge in [0.15, 0.2) is 0 Å². The summed E-state index contributed by atoms with van der Waals surface area (Å²) in [6.45, 7) is 6.95. The van der Waals surface area contributed by atoms with Crippen molar-refractivity contribution >= 4 is 5.91 Å². The Kier molecular flexibility index (Phi) is 6.58. The van der Waals surface area contributed by atoms with E-state index >= 15 is 0 Å². The third-order valence-corrected chi connectivity index (χ3v) is 7.26. The van der Waals surface area contributed by atoms with Gasteiger partial charge in [0.05, 0.1) is 0 Å². The predicted molar refractivity (Wildman–Crippen MR) is 132 cm³/mol. The Morgan fingerprint density at radius 2 is 1.61 bits per heavy atom.